The Morgan fingerprint density at radius 2 is 1.47 bits per heavy atom. The molecule has 0 aromatic heterocycles. The number of ether oxygens (including phenoxy) is 1. The van der Waals surface area contributed by atoms with Crippen LogP contribution in [0.2, 0.25) is 0 Å². The van der Waals surface area contributed by atoms with Crippen molar-refractivity contribution in [2.24, 2.45) is 0 Å². The van der Waals surface area contributed by atoms with Gasteiger partial charge in [-0.1, -0.05) is 0 Å². The maximum absolute atomic E-state index is 5.83. The smallest absolute Gasteiger partial charge is 0.0598 e. The highest BCUT2D eigenvalue weighted by atomic mass is 16.5. The number of piperazine rings is 1. The van der Waals surface area contributed by atoms with Crippen molar-refractivity contribution >= 4 is 0 Å². The van der Waals surface area contributed by atoms with E-state index in [0.29, 0.717) is 11.6 Å². The molecule has 0 saturated carbocycles. The van der Waals surface area contributed by atoms with E-state index >= 15 is 0 Å². The van der Waals surface area contributed by atoms with Crippen LogP contribution in [0.25, 0.3) is 0 Å². The largest absolute Gasteiger partial charge is 0.376 e. The topological polar surface area (TPSA) is 15.7 Å². The van der Waals surface area contributed by atoms with Crippen LogP contribution >= 0.6 is 0 Å². The van der Waals surface area contributed by atoms with E-state index in [4.69, 9.17) is 4.74 Å². The van der Waals surface area contributed by atoms with Crippen LogP contribution in [-0.4, -0.2) is 59.8 Å². The van der Waals surface area contributed by atoms with Crippen LogP contribution in [0.3, 0.4) is 0 Å². The maximum Gasteiger partial charge on any atom is 0.0598 e. The molecule has 3 heteroatoms. The average molecular weight is 270 g/mol. The summed E-state index contributed by atoms with van der Waals surface area (Å²) in [6.45, 7) is 21.3. The standard InChI is InChI=1S/C16H34N2O/c1-14(8-13-19-16(5,6)7)17-9-11-18(12-10-17)15(2,3)4/h14H,8-13H2,1-7H3. The van der Waals surface area contributed by atoms with E-state index in [2.05, 4.69) is 58.3 Å². The Kier molecular flexibility index (Phi) is 5.84. The molecular formula is C16H34N2O. The van der Waals surface area contributed by atoms with Gasteiger partial charge in [-0.2, -0.15) is 0 Å². The first-order valence-corrected chi connectivity index (χ1v) is 7.73. The van der Waals surface area contributed by atoms with Crippen molar-refractivity contribution < 1.29 is 4.74 Å². The van der Waals surface area contributed by atoms with E-state index < -0.39 is 0 Å². The zero-order valence-electron chi connectivity index (χ0n) is 14.1. The Labute approximate surface area is 120 Å². The van der Waals surface area contributed by atoms with Crippen LogP contribution in [0, 0.1) is 0 Å². The molecule has 0 N–H and O–H groups in total. The summed E-state index contributed by atoms with van der Waals surface area (Å²) in [5.74, 6) is 0. The molecule has 1 aliphatic heterocycles. The summed E-state index contributed by atoms with van der Waals surface area (Å²) in [6, 6.07) is 0.629. The van der Waals surface area contributed by atoms with Crippen LogP contribution in [0.15, 0.2) is 0 Å². The van der Waals surface area contributed by atoms with E-state index in [0.717, 1.165) is 13.0 Å². The molecule has 0 spiro atoms. The number of hydrogen-bond donors (Lipinski definition) is 0. The molecule has 1 heterocycles. The second-order valence-electron chi connectivity index (χ2n) is 7.79. The monoisotopic (exact) mass is 270 g/mol. The molecule has 1 fully saturated rings. The zero-order chi connectivity index (χ0) is 14.7. The van der Waals surface area contributed by atoms with Gasteiger partial charge in [-0.15, -0.1) is 0 Å². The molecule has 0 radical (unpaired) electrons. The SMILES string of the molecule is CC(CCOC(C)(C)C)N1CCN(C(C)(C)C)CC1. The lowest BCUT2D eigenvalue weighted by Gasteiger charge is -2.44. The summed E-state index contributed by atoms with van der Waals surface area (Å²) in [5, 5.41) is 0. The lowest BCUT2D eigenvalue weighted by molar-refractivity contribution is -0.0185. The lowest BCUT2D eigenvalue weighted by Crippen LogP contribution is -2.55. The molecular weight excluding hydrogens is 236 g/mol. The van der Waals surface area contributed by atoms with Crippen LogP contribution in [0.1, 0.15) is 54.9 Å². The van der Waals surface area contributed by atoms with Crippen molar-refractivity contribution in [3.8, 4) is 0 Å². The van der Waals surface area contributed by atoms with Crippen LogP contribution in [-0.2, 0) is 4.74 Å². The molecule has 0 bridgehead atoms. The minimum absolute atomic E-state index is 0.00927. The van der Waals surface area contributed by atoms with Gasteiger partial charge in [-0.3, -0.25) is 9.80 Å². The molecule has 1 rings (SSSR count). The summed E-state index contributed by atoms with van der Waals surface area (Å²) >= 11 is 0. The third-order valence-corrected chi connectivity index (χ3v) is 3.96. The lowest BCUT2D eigenvalue weighted by atomic mass is 10.0. The average Bonchev–Trinajstić information content (AvgIpc) is 2.26. The first kappa shape index (κ1) is 16.9. The molecule has 0 amide bonds. The number of hydrogen-bond acceptors (Lipinski definition) is 3. The van der Waals surface area contributed by atoms with Gasteiger partial charge >= 0.3 is 0 Å². The summed E-state index contributed by atoms with van der Waals surface area (Å²) in [6.07, 6.45) is 1.13. The van der Waals surface area contributed by atoms with E-state index in [1.807, 2.05) is 0 Å². The van der Waals surface area contributed by atoms with E-state index in [1.54, 1.807) is 0 Å². The van der Waals surface area contributed by atoms with Crippen molar-refractivity contribution in [1.29, 1.82) is 0 Å². The Morgan fingerprint density at radius 3 is 1.89 bits per heavy atom. The van der Waals surface area contributed by atoms with Crippen molar-refractivity contribution in [2.45, 2.75) is 72.1 Å². The summed E-state index contributed by atoms with van der Waals surface area (Å²) in [7, 11) is 0. The van der Waals surface area contributed by atoms with Gasteiger partial charge in [0.25, 0.3) is 0 Å². The van der Waals surface area contributed by atoms with Gasteiger partial charge in [-0.05, 0) is 54.9 Å². The van der Waals surface area contributed by atoms with Crippen LogP contribution < -0.4 is 0 Å². The van der Waals surface area contributed by atoms with Gasteiger partial charge in [0, 0.05) is 44.4 Å². The highest BCUT2D eigenvalue weighted by Gasteiger charge is 2.27. The molecule has 1 aliphatic rings. The normalized spacial score (nSPS) is 21.6. The summed E-state index contributed by atoms with van der Waals surface area (Å²) in [4.78, 5) is 5.19. The fourth-order valence-electron chi connectivity index (χ4n) is 2.55. The molecule has 1 atom stereocenters. The Balaban J connectivity index is 2.27. The Hall–Kier alpha value is -0.120. The van der Waals surface area contributed by atoms with Crippen LogP contribution in [0.4, 0.5) is 0 Å². The molecule has 0 aromatic rings. The number of rotatable bonds is 4. The van der Waals surface area contributed by atoms with Gasteiger partial charge in [0.15, 0.2) is 0 Å². The van der Waals surface area contributed by atoms with Gasteiger partial charge in [0.1, 0.15) is 0 Å². The van der Waals surface area contributed by atoms with Crippen molar-refractivity contribution in [3.05, 3.63) is 0 Å². The van der Waals surface area contributed by atoms with Crippen molar-refractivity contribution in [1.82, 2.24) is 9.80 Å². The second kappa shape index (κ2) is 6.55. The highest BCUT2D eigenvalue weighted by molar-refractivity contribution is 4.83. The number of nitrogens with zero attached hydrogens (tertiary/aromatic N) is 2. The fourth-order valence-corrected chi connectivity index (χ4v) is 2.55. The molecule has 1 saturated heterocycles. The van der Waals surface area contributed by atoms with Crippen molar-refractivity contribution in [2.75, 3.05) is 32.8 Å². The first-order valence-electron chi connectivity index (χ1n) is 7.73. The quantitative estimate of drug-likeness (QED) is 0.781. The minimum Gasteiger partial charge on any atom is -0.376 e. The highest BCUT2D eigenvalue weighted by Crippen LogP contribution is 2.18. The summed E-state index contributed by atoms with van der Waals surface area (Å²) in [5.41, 5.74) is 0.301. The maximum atomic E-state index is 5.83. The van der Waals surface area contributed by atoms with E-state index in [9.17, 15) is 0 Å². The fraction of sp³-hybridized carbons (Fsp3) is 1.00. The molecule has 114 valence electrons. The van der Waals surface area contributed by atoms with Crippen LogP contribution in [0.5, 0.6) is 0 Å². The van der Waals surface area contributed by atoms with Crippen molar-refractivity contribution in [3.63, 3.8) is 0 Å². The van der Waals surface area contributed by atoms with Gasteiger partial charge < -0.3 is 4.74 Å². The predicted molar refractivity (Wildman–Crippen MR) is 82.7 cm³/mol. The molecule has 1 unspecified atom stereocenters. The first-order chi connectivity index (χ1) is 8.59. The molecule has 19 heavy (non-hydrogen) atoms. The van der Waals surface area contributed by atoms with Gasteiger partial charge in [0.05, 0.1) is 5.60 Å². The molecule has 0 aromatic carbocycles. The third-order valence-electron chi connectivity index (χ3n) is 3.96. The van der Waals surface area contributed by atoms with E-state index in [1.165, 1.54) is 26.2 Å². The zero-order valence-corrected chi connectivity index (χ0v) is 14.1. The molecule has 0 aliphatic carbocycles. The van der Waals surface area contributed by atoms with Gasteiger partial charge in [-0.25, -0.2) is 0 Å². The third kappa shape index (κ3) is 6.24. The summed E-state index contributed by atoms with van der Waals surface area (Å²) < 4.78 is 5.83. The second-order valence-corrected chi connectivity index (χ2v) is 7.79. The Bertz CT molecular complexity index is 257. The van der Waals surface area contributed by atoms with E-state index in [-0.39, 0.29) is 5.60 Å². The Morgan fingerprint density at radius 1 is 0.947 bits per heavy atom. The van der Waals surface area contributed by atoms with Gasteiger partial charge in [0.2, 0.25) is 0 Å². The molecule has 3 nitrogen and oxygen atoms in total. The minimum atomic E-state index is -0.00927. The predicted octanol–water partition coefficient (Wildman–Crippen LogP) is 3.00.